The van der Waals surface area contributed by atoms with Gasteiger partial charge in [0.2, 0.25) is 15.9 Å². The quantitative estimate of drug-likeness (QED) is 0.893. The van der Waals surface area contributed by atoms with E-state index in [2.05, 4.69) is 12.2 Å². The molecule has 1 amide bonds. The predicted octanol–water partition coefficient (Wildman–Crippen LogP) is 2.84. The first kappa shape index (κ1) is 18.4. The molecule has 0 aromatic heterocycles. The molecule has 6 heteroatoms. The zero-order valence-electron chi connectivity index (χ0n) is 15.1. The first-order valence-electron chi connectivity index (χ1n) is 9.28. The summed E-state index contributed by atoms with van der Waals surface area (Å²) >= 11 is 0. The van der Waals surface area contributed by atoms with E-state index in [1.165, 1.54) is 10.7 Å². The molecule has 0 bridgehead atoms. The van der Waals surface area contributed by atoms with Gasteiger partial charge in [-0.2, -0.15) is 4.31 Å². The Morgan fingerprint density at radius 2 is 1.76 bits per heavy atom. The lowest BCUT2D eigenvalue weighted by molar-refractivity contribution is -0.125. The van der Waals surface area contributed by atoms with Crippen molar-refractivity contribution in [1.29, 1.82) is 0 Å². The highest BCUT2D eigenvalue weighted by Gasteiger charge is 2.40. The molecule has 3 unspecified atom stereocenters. The minimum atomic E-state index is -3.63. The molecule has 0 radical (unpaired) electrons. The summed E-state index contributed by atoms with van der Waals surface area (Å²) in [5.41, 5.74) is 1.01. The van der Waals surface area contributed by atoms with Crippen LogP contribution in [-0.4, -0.2) is 37.3 Å². The van der Waals surface area contributed by atoms with E-state index in [9.17, 15) is 13.2 Å². The van der Waals surface area contributed by atoms with Crippen molar-refractivity contribution in [3.05, 3.63) is 29.8 Å². The van der Waals surface area contributed by atoms with Gasteiger partial charge in [-0.3, -0.25) is 4.79 Å². The number of amides is 1. The molecule has 1 saturated carbocycles. The fourth-order valence-corrected chi connectivity index (χ4v) is 5.60. The lowest BCUT2D eigenvalue weighted by Crippen LogP contribution is -2.50. The second kappa shape index (κ2) is 7.46. The summed E-state index contributed by atoms with van der Waals surface area (Å²) in [6.45, 7) is 4.50. The molecule has 1 saturated heterocycles. The van der Waals surface area contributed by atoms with E-state index in [0.717, 1.165) is 31.2 Å². The highest BCUT2D eigenvalue weighted by atomic mass is 32.2. The summed E-state index contributed by atoms with van der Waals surface area (Å²) in [5, 5.41) is 3.13. The monoisotopic (exact) mass is 364 g/mol. The zero-order valence-corrected chi connectivity index (χ0v) is 15.9. The summed E-state index contributed by atoms with van der Waals surface area (Å²) in [5.74, 6) is 0.327. The van der Waals surface area contributed by atoms with Crippen LogP contribution in [0, 0.1) is 12.8 Å². The molecule has 1 aliphatic heterocycles. The molecular weight excluding hydrogens is 336 g/mol. The Labute approximate surface area is 150 Å². The third kappa shape index (κ3) is 3.90. The molecule has 138 valence electrons. The van der Waals surface area contributed by atoms with Crippen LogP contribution in [-0.2, 0) is 14.8 Å². The molecule has 1 aliphatic carbocycles. The van der Waals surface area contributed by atoms with Crippen molar-refractivity contribution in [2.45, 2.75) is 69.4 Å². The van der Waals surface area contributed by atoms with Crippen molar-refractivity contribution in [1.82, 2.24) is 9.62 Å². The number of carbonyl (C=O) groups excluding carboxylic acids is 1. The molecule has 1 aromatic carbocycles. The van der Waals surface area contributed by atoms with E-state index in [-0.39, 0.29) is 16.8 Å². The van der Waals surface area contributed by atoms with Crippen molar-refractivity contribution in [2.24, 2.45) is 5.92 Å². The standard InChI is InChI=1S/C19H28N2O3S/c1-14-9-11-16(12-10-14)25(23,24)21-13-5-8-18(21)19(22)20-17-7-4-3-6-15(17)2/h9-12,15,17-18H,3-8,13H2,1-2H3,(H,20,22). The topological polar surface area (TPSA) is 66.5 Å². The van der Waals surface area contributed by atoms with Crippen molar-refractivity contribution >= 4 is 15.9 Å². The van der Waals surface area contributed by atoms with Crippen LogP contribution >= 0.6 is 0 Å². The number of hydrogen-bond acceptors (Lipinski definition) is 3. The van der Waals surface area contributed by atoms with Gasteiger partial charge in [0.05, 0.1) is 4.90 Å². The van der Waals surface area contributed by atoms with Crippen molar-refractivity contribution in [3.63, 3.8) is 0 Å². The van der Waals surface area contributed by atoms with Crippen LogP contribution in [0.4, 0.5) is 0 Å². The lowest BCUT2D eigenvalue weighted by Gasteiger charge is -2.32. The highest BCUT2D eigenvalue weighted by molar-refractivity contribution is 7.89. The highest BCUT2D eigenvalue weighted by Crippen LogP contribution is 2.28. The van der Waals surface area contributed by atoms with Crippen LogP contribution in [0.5, 0.6) is 0 Å². The maximum absolute atomic E-state index is 13.0. The molecule has 0 spiro atoms. The number of carbonyl (C=O) groups is 1. The Kier molecular flexibility index (Phi) is 5.49. The van der Waals surface area contributed by atoms with Crippen LogP contribution < -0.4 is 5.32 Å². The first-order valence-corrected chi connectivity index (χ1v) is 10.7. The number of hydrogen-bond donors (Lipinski definition) is 1. The molecule has 2 aliphatic rings. The van der Waals surface area contributed by atoms with Crippen molar-refractivity contribution in [3.8, 4) is 0 Å². The minimum absolute atomic E-state index is 0.132. The average Bonchev–Trinajstić information content (AvgIpc) is 3.08. The van der Waals surface area contributed by atoms with Gasteiger partial charge < -0.3 is 5.32 Å². The fraction of sp³-hybridized carbons (Fsp3) is 0.632. The van der Waals surface area contributed by atoms with Crippen molar-refractivity contribution < 1.29 is 13.2 Å². The SMILES string of the molecule is Cc1ccc(S(=O)(=O)N2CCCC2C(=O)NC2CCCCC2C)cc1. The summed E-state index contributed by atoms with van der Waals surface area (Å²) in [4.78, 5) is 13.1. The van der Waals surface area contributed by atoms with Gasteiger partial charge in [0.15, 0.2) is 0 Å². The molecule has 3 rings (SSSR count). The first-order chi connectivity index (χ1) is 11.9. The summed E-state index contributed by atoms with van der Waals surface area (Å²) in [7, 11) is -3.63. The van der Waals surface area contributed by atoms with Crippen LogP contribution in [0.25, 0.3) is 0 Å². The van der Waals surface area contributed by atoms with Gasteiger partial charge in [0, 0.05) is 12.6 Å². The third-order valence-corrected chi connectivity index (χ3v) is 7.50. The van der Waals surface area contributed by atoms with E-state index >= 15 is 0 Å². The molecule has 1 N–H and O–H groups in total. The van der Waals surface area contributed by atoms with Gasteiger partial charge in [-0.1, -0.05) is 37.5 Å². The number of nitrogens with one attached hydrogen (secondary N) is 1. The maximum Gasteiger partial charge on any atom is 0.243 e. The Hall–Kier alpha value is -1.40. The number of rotatable bonds is 4. The zero-order chi connectivity index (χ0) is 18.0. The summed E-state index contributed by atoms with van der Waals surface area (Å²) in [6.07, 6.45) is 5.78. The van der Waals surface area contributed by atoms with Gasteiger partial charge in [-0.05, 0) is 50.7 Å². The van der Waals surface area contributed by atoms with Crippen molar-refractivity contribution in [2.75, 3.05) is 6.54 Å². The van der Waals surface area contributed by atoms with E-state index in [1.54, 1.807) is 24.3 Å². The largest absolute Gasteiger partial charge is 0.352 e. The Balaban J connectivity index is 1.75. The van der Waals surface area contributed by atoms with E-state index in [1.807, 2.05) is 6.92 Å². The second-order valence-corrected chi connectivity index (χ2v) is 9.35. The Morgan fingerprint density at radius 1 is 1.08 bits per heavy atom. The molecule has 5 nitrogen and oxygen atoms in total. The van der Waals surface area contributed by atoms with Crippen LogP contribution in [0.3, 0.4) is 0 Å². The summed E-state index contributed by atoms with van der Waals surface area (Å²) in [6, 6.07) is 6.43. The normalized spacial score (nSPS) is 28.0. The van der Waals surface area contributed by atoms with E-state index in [4.69, 9.17) is 0 Å². The number of sulfonamides is 1. The van der Waals surface area contributed by atoms with Gasteiger partial charge in [-0.15, -0.1) is 0 Å². The van der Waals surface area contributed by atoms with E-state index < -0.39 is 16.1 Å². The molecule has 25 heavy (non-hydrogen) atoms. The third-order valence-electron chi connectivity index (χ3n) is 5.57. The average molecular weight is 365 g/mol. The lowest BCUT2D eigenvalue weighted by atomic mass is 9.86. The maximum atomic E-state index is 13.0. The number of aryl methyl sites for hydroxylation is 1. The van der Waals surface area contributed by atoms with Gasteiger partial charge in [-0.25, -0.2) is 8.42 Å². The van der Waals surface area contributed by atoms with Crippen LogP contribution in [0.1, 0.15) is 51.0 Å². The summed E-state index contributed by atoms with van der Waals surface area (Å²) < 4.78 is 27.3. The predicted molar refractivity (Wildman–Crippen MR) is 97.7 cm³/mol. The smallest absolute Gasteiger partial charge is 0.243 e. The Bertz CT molecular complexity index is 715. The van der Waals surface area contributed by atoms with Crippen LogP contribution in [0.2, 0.25) is 0 Å². The number of nitrogens with zero attached hydrogens (tertiary/aromatic N) is 1. The van der Waals surface area contributed by atoms with Crippen LogP contribution in [0.15, 0.2) is 29.2 Å². The molecule has 3 atom stereocenters. The van der Waals surface area contributed by atoms with Gasteiger partial charge in [0.25, 0.3) is 0 Å². The number of benzene rings is 1. The molecule has 1 heterocycles. The molecular formula is C19H28N2O3S. The molecule has 2 fully saturated rings. The van der Waals surface area contributed by atoms with Gasteiger partial charge in [0.1, 0.15) is 6.04 Å². The second-order valence-electron chi connectivity index (χ2n) is 7.46. The minimum Gasteiger partial charge on any atom is -0.352 e. The molecule has 1 aromatic rings. The fourth-order valence-electron chi connectivity index (χ4n) is 3.95. The van der Waals surface area contributed by atoms with Gasteiger partial charge >= 0.3 is 0 Å². The van der Waals surface area contributed by atoms with E-state index in [0.29, 0.717) is 18.9 Å². The Morgan fingerprint density at radius 3 is 2.44 bits per heavy atom.